The molecule has 2 rings (SSSR count). The van der Waals surface area contributed by atoms with E-state index in [9.17, 15) is 14.9 Å². The highest BCUT2D eigenvalue weighted by molar-refractivity contribution is 9.50. The summed E-state index contributed by atoms with van der Waals surface area (Å²) in [7, 11) is 1.14. The average Bonchev–Trinajstić information content (AvgIpc) is 2.46. The number of nitro groups is 1. The predicted octanol–water partition coefficient (Wildman–Crippen LogP) is 4.23. The first-order chi connectivity index (χ1) is 9.13. The molecule has 0 aliphatic heterocycles. The largest absolute Gasteiger partial charge is 0.289 e. The lowest BCUT2D eigenvalue weighted by Gasteiger charge is -2.05. The molecule has 4 nitrogen and oxygen atoms in total. The SMILES string of the molecule is O=C(c1ccccc1)c1ccc([N+](=O)[O-])cc1SBr. The molecule has 0 aliphatic rings. The van der Waals surface area contributed by atoms with Gasteiger partial charge in [0.25, 0.3) is 5.69 Å². The highest BCUT2D eigenvalue weighted by Gasteiger charge is 2.17. The van der Waals surface area contributed by atoms with Crippen LogP contribution in [0.4, 0.5) is 5.69 Å². The number of ketones is 1. The Morgan fingerprint density at radius 1 is 1.16 bits per heavy atom. The summed E-state index contributed by atoms with van der Waals surface area (Å²) in [6.45, 7) is 0. The highest BCUT2D eigenvalue weighted by atomic mass is 79.9. The molecule has 0 bridgehead atoms. The molecular weight excluding hydrogens is 330 g/mol. The van der Waals surface area contributed by atoms with Crippen molar-refractivity contribution < 1.29 is 9.72 Å². The molecule has 2 aromatic rings. The summed E-state index contributed by atoms with van der Waals surface area (Å²) in [6.07, 6.45) is 0. The Morgan fingerprint density at radius 3 is 2.42 bits per heavy atom. The van der Waals surface area contributed by atoms with Gasteiger partial charge in [-0.05, 0) is 31.1 Å². The van der Waals surface area contributed by atoms with E-state index in [1.807, 2.05) is 6.07 Å². The lowest BCUT2D eigenvalue weighted by atomic mass is 10.0. The van der Waals surface area contributed by atoms with Crippen LogP contribution in [0.2, 0.25) is 0 Å². The second-order valence-electron chi connectivity index (χ2n) is 3.71. The van der Waals surface area contributed by atoms with Gasteiger partial charge in [-0.3, -0.25) is 14.9 Å². The lowest BCUT2D eigenvalue weighted by molar-refractivity contribution is -0.385. The van der Waals surface area contributed by atoms with Crippen molar-refractivity contribution in [3.8, 4) is 0 Å². The summed E-state index contributed by atoms with van der Waals surface area (Å²) in [5, 5.41) is 10.7. The zero-order valence-corrected chi connectivity index (χ0v) is 12.0. The minimum atomic E-state index is -0.483. The second kappa shape index (κ2) is 5.99. The topological polar surface area (TPSA) is 60.2 Å². The van der Waals surface area contributed by atoms with Crippen LogP contribution in [0.1, 0.15) is 15.9 Å². The van der Waals surface area contributed by atoms with Gasteiger partial charge in [0.2, 0.25) is 0 Å². The molecule has 0 amide bonds. The van der Waals surface area contributed by atoms with Crippen LogP contribution in [0.5, 0.6) is 0 Å². The van der Waals surface area contributed by atoms with Crippen molar-refractivity contribution in [2.24, 2.45) is 0 Å². The number of nitro benzene ring substituents is 1. The maximum Gasteiger partial charge on any atom is 0.270 e. The zero-order chi connectivity index (χ0) is 13.8. The molecule has 0 unspecified atom stereocenters. The minimum Gasteiger partial charge on any atom is -0.289 e. The van der Waals surface area contributed by atoms with Crippen molar-refractivity contribution >= 4 is 36.5 Å². The number of rotatable bonds is 4. The summed E-state index contributed by atoms with van der Waals surface area (Å²) in [6, 6.07) is 13.0. The zero-order valence-electron chi connectivity index (χ0n) is 9.58. The number of non-ortho nitro benzene ring substituents is 1. The Bertz CT molecular complexity index is 631. The molecule has 0 saturated carbocycles. The lowest BCUT2D eigenvalue weighted by Crippen LogP contribution is -2.03. The van der Waals surface area contributed by atoms with Crippen LogP contribution in [0.3, 0.4) is 0 Å². The summed E-state index contributed by atoms with van der Waals surface area (Å²) >= 11 is 3.17. The number of benzene rings is 2. The van der Waals surface area contributed by atoms with Gasteiger partial charge in [-0.1, -0.05) is 30.3 Å². The summed E-state index contributed by atoms with van der Waals surface area (Å²) in [5.74, 6) is -0.155. The minimum absolute atomic E-state index is 0.0356. The maximum absolute atomic E-state index is 12.3. The molecule has 0 atom stereocenters. The number of carbonyl (C=O) groups is 1. The van der Waals surface area contributed by atoms with Gasteiger partial charge >= 0.3 is 0 Å². The number of nitrogens with zero attached hydrogens (tertiary/aromatic N) is 1. The van der Waals surface area contributed by atoms with E-state index in [1.54, 1.807) is 24.3 Å². The molecular formula is C13H8BrNO3S. The van der Waals surface area contributed by atoms with Crippen molar-refractivity contribution in [2.75, 3.05) is 0 Å². The third kappa shape index (κ3) is 3.02. The first-order valence-electron chi connectivity index (χ1n) is 5.30. The quantitative estimate of drug-likeness (QED) is 0.476. The van der Waals surface area contributed by atoms with Crippen LogP contribution in [-0.4, -0.2) is 10.7 Å². The van der Waals surface area contributed by atoms with Crippen molar-refractivity contribution in [1.29, 1.82) is 0 Å². The normalized spacial score (nSPS) is 10.2. The molecule has 0 aliphatic carbocycles. The summed E-state index contributed by atoms with van der Waals surface area (Å²) < 4.78 is 0. The monoisotopic (exact) mass is 337 g/mol. The Labute approximate surface area is 121 Å². The fourth-order valence-corrected chi connectivity index (χ4v) is 2.83. The van der Waals surface area contributed by atoms with Gasteiger partial charge in [-0.2, -0.15) is 0 Å². The standard InChI is InChI=1S/C13H8BrNO3S/c14-19-12-8-10(15(17)18)6-7-11(12)13(16)9-4-2-1-3-5-9/h1-8H. The smallest absolute Gasteiger partial charge is 0.270 e. The predicted molar refractivity (Wildman–Crippen MR) is 77.8 cm³/mol. The second-order valence-corrected chi connectivity index (χ2v) is 5.28. The first kappa shape index (κ1) is 13.8. The van der Waals surface area contributed by atoms with Crippen LogP contribution in [0.15, 0.2) is 53.4 Å². The fraction of sp³-hybridized carbons (Fsp3) is 0. The molecule has 0 N–H and O–H groups in total. The molecule has 0 heterocycles. The van der Waals surface area contributed by atoms with Gasteiger partial charge < -0.3 is 0 Å². The Morgan fingerprint density at radius 2 is 1.84 bits per heavy atom. The summed E-state index contributed by atoms with van der Waals surface area (Å²) in [4.78, 5) is 23.1. The number of hydrogen-bond acceptors (Lipinski definition) is 4. The first-order valence-corrected chi connectivity index (χ1v) is 7.96. The van der Waals surface area contributed by atoms with Crippen LogP contribution >= 0.6 is 25.0 Å². The molecule has 96 valence electrons. The van der Waals surface area contributed by atoms with Crippen molar-refractivity contribution in [3.63, 3.8) is 0 Å². The number of hydrogen-bond donors (Lipinski definition) is 0. The van der Waals surface area contributed by atoms with Crippen LogP contribution < -0.4 is 0 Å². The van der Waals surface area contributed by atoms with E-state index in [2.05, 4.69) is 14.8 Å². The maximum atomic E-state index is 12.3. The molecule has 0 fully saturated rings. The van der Waals surface area contributed by atoms with Gasteiger partial charge in [0.15, 0.2) is 5.78 Å². The van der Waals surface area contributed by atoms with E-state index in [0.717, 1.165) is 10.2 Å². The van der Waals surface area contributed by atoms with Crippen molar-refractivity contribution in [2.45, 2.75) is 4.90 Å². The molecule has 6 heteroatoms. The summed E-state index contributed by atoms with van der Waals surface area (Å²) in [5.41, 5.74) is 0.962. The van der Waals surface area contributed by atoms with E-state index in [-0.39, 0.29) is 11.5 Å². The van der Waals surface area contributed by atoms with Crippen LogP contribution in [-0.2, 0) is 0 Å². The molecule has 0 aromatic heterocycles. The third-order valence-electron chi connectivity index (χ3n) is 2.54. The average molecular weight is 338 g/mol. The van der Waals surface area contributed by atoms with Gasteiger partial charge in [0.1, 0.15) is 0 Å². The van der Waals surface area contributed by atoms with E-state index >= 15 is 0 Å². The van der Waals surface area contributed by atoms with E-state index < -0.39 is 4.92 Å². The van der Waals surface area contributed by atoms with Crippen LogP contribution in [0.25, 0.3) is 0 Å². The van der Waals surface area contributed by atoms with E-state index in [0.29, 0.717) is 16.0 Å². The highest BCUT2D eigenvalue weighted by Crippen LogP contribution is 2.32. The fourth-order valence-electron chi connectivity index (χ4n) is 1.62. The van der Waals surface area contributed by atoms with E-state index in [1.165, 1.54) is 18.2 Å². The molecule has 2 aromatic carbocycles. The Kier molecular flexibility index (Phi) is 4.34. The van der Waals surface area contributed by atoms with Gasteiger partial charge in [0.05, 0.1) is 4.92 Å². The van der Waals surface area contributed by atoms with Crippen molar-refractivity contribution in [3.05, 3.63) is 69.8 Å². The van der Waals surface area contributed by atoms with Crippen LogP contribution in [0, 0.1) is 10.1 Å². The van der Waals surface area contributed by atoms with Crippen molar-refractivity contribution in [1.82, 2.24) is 0 Å². The van der Waals surface area contributed by atoms with Gasteiger partial charge in [-0.25, -0.2) is 0 Å². The van der Waals surface area contributed by atoms with Gasteiger partial charge in [0, 0.05) is 28.2 Å². The molecule has 0 radical (unpaired) electrons. The van der Waals surface area contributed by atoms with Gasteiger partial charge in [-0.15, -0.1) is 0 Å². The van der Waals surface area contributed by atoms with E-state index in [4.69, 9.17) is 0 Å². The number of carbonyl (C=O) groups excluding carboxylic acids is 1. The molecule has 19 heavy (non-hydrogen) atoms. The molecule has 0 spiro atoms. The number of halogens is 1. The Balaban J connectivity index is 2.45. The third-order valence-corrected chi connectivity index (χ3v) is 4.09. The molecule has 0 saturated heterocycles. The Hall–Kier alpha value is -1.66.